The summed E-state index contributed by atoms with van der Waals surface area (Å²) >= 11 is 1.54. The van der Waals surface area contributed by atoms with Gasteiger partial charge in [0, 0.05) is 11.4 Å². The summed E-state index contributed by atoms with van der Waals surface area (Å²) in [6.07, 6.45) is 1.01. The Hall–Kier alpha value is -1.00. The fourth-order valence-electron chi connectivity index (χ4n) is 1.56. The molecule has 3 nitrogen and oxygen atoms in total. The highest BCUT2D eigenvalue weighted by Crippen LogP contribution is 2.23. The second-order valence-corrected chi connectivity index (χ2v) is 6.45. The zero-order chi connectivity index (χ0) is 14.3. The summed E-state index contributed by atoms with van der Waals surface area (Å²) in [6.45, 7) is 7.00. The lowest BCUT2D eigenvalue weighted by Crippen LogP contribution is -2.32. The predicted molar refractivity (Wildman–Crippen MR) is 80.1 cm³/mol. The number of rotatable bonds is 7. The summed E-state index contributed by atoms with van der Waals surface area (Å²) in [5.41, 5.74) is 0.887. The maximum atomic E-state index is 11.9. The Kier molecular flexibility index (Phi) is 6.95. The fourth-order valence-corrected chi connectivity index (χ4v) is 2.45. The molecule has 0 fully saturated rings. The Morgan fingerprint density at radius 1 is 1.26 bits per heavy atom. The second-order valence-electron chi connectivity index (χ2n) is 5.04. The summed E-state index contributed by atoms with van der Waals surface area (Å²) in [7, 11) is 0. The number of thioether (sulfide) groups is 1. The van der Waals surface area contributed by atoms with E-state index in [0.29, 0.717) is 5.92 Å². The number of carbonyl (C=O) groups excluding carboxylic acids is 1. The van der Waals surface area contributed by atoms with E-state index in [-0.39, 0.29) is 17.8 Å². The van der Waals surface area contributed by atoms with Gasteiger partial charge in [0.2, 0.25) is 5.91 Å². The number of aliphatic hydroxyl groups is 1. The maximum Gasteiger partial charge on any atom is 0.233 e. The Morgan fingerprint density at radius 3 is 2.42 bits per heavy atom. The van der Waals surface area contributed by atoms with Crippen LogP contribution in [0.4, 0.5) is 0 Å². The Bertz CT molecular complexity index is 390. The van der Waals surface area contributed by atoms with Crippen molar-refractivity contribution in [3.63, 3.8) is 0 Å². The highest BCUT2D eigenvalue weighted by molar-refractivity contribution is 8.00. The van der Waals surface area contributed by atoms with Crippen LogP contribution >= 0.6 is 11.8 Å². The van der Waals surface area contributed by atoms with E-state index >= 15 is 0 Å². The zero-order valence-electron chi connectivity index (χ0n) is 11.8. The van der Waals surface area contributed by atoms with Crippen LogP contribution in [0.2, 0.25) is 0 Å². The average Bonchev–Trinajstić information content (AvgIpc) is 2.39. The van der Waals surface area contributed by atoms with Gasteiger partial charge in [-0.05, 0) is 37.0 Å². The van der Waals surface area contributed by atoms with Gasteiger partial charge in [-0.3, -0.25) is 4.79 Å². The number of hydrogen-bond acceptors (Lipinski definition) is 3. The Balaban J connectivity index is 2.40. The summed E-state index contributed by atoms with van der Waals surface area (Å²) in [5, 5.41) is 11.8. The van der Waals surface area contributed by atoms with Gasteiger partial charge >= 0.3 is 0 Å². The first-order valence-electron chi connectivity index (χ1n) is 6.67. The number of nitrogens with one attached hydrogen (secondary N) is 1. The molecule has 1 rings (SSSR count). The number of amides is 1. The Morgan fingerprint density at radius 2 is 1.89 bits per heavy atom. The first kappa shape index (κ1) is 16.1. The molecule has 0 bridgehead atoms. The summed E-state index contributed by atoms with van der Waals surface area (Å²) in [4.78, 5) is 12.9. The molecule has 0 aliphatic rings. The highest BCUT2D eigenvalue weighted by Gasteiger charge is 2.13. The first-order valence-corrected chi connectivity index (χ1v) is 7.55. The van der Waals surface area contributed by atoms with Crippen LogP contribution in [0, 0.1) is 5.92 Å². The average molecular weight is 281 g/mol. The van der Waals surface area contributed by atoms with Crippen LogP contribution in [0.15, 0.2) is 29.2 Å². The molecule has 0 spiro atoms. The van der Waals surface area contributed by atoms with Gasteiger partial charge in [-0.2, -0.15) is 0 Å². The largest absolute Gasteiger partial charge is 0.392 e. The number of carbonyl (C=O) groups is 1. The molecular formula is C15H23NO2S. The number of benzene rings is 1. The van der Waals surface area contributed by atoms with Crippen molar-refractivity contribution in [3.8, 4) is 0 Å². The molecule has 4 heteroatoms. The molecule has 0 aliphatic carbocycles. The van der Waals surface area contributed by atoms with Crippen LogP contribution < -0.4 is 5.32 Å². The van der Waals surface area contributed by atoms with E-state index in [0.717, 1.165) is 23.4 Å². The second kappa shape index (κ2) is 8.23. The lowest BCUT2D eigenvalue weighted by atomic mass is 10.1. The van der Waals surface area contributed by atoms with Gasteiger partial charge in [0.05, 0.1) is 11.9 Å². The number of hydrogen-bond donors (Lipinski definition) is 2. The van der Waals surface area contributed by atoms with Crippen LogP contribution in [0.25, 0.3) is 0 Å². The molecule has 0 saturated carbocycles. The van der Waals surface area contributed by atoms with E-state index in [2.05, 4.69) is 19.2 Å². The minimum absolute atomic E-state index is 0.0518. The molecule has 0 heterocycles. The van der Waals surface area contributed by atoms with E-state index in [1.165, 1.54) is 11.8 Å². The van der Waals surface area contributed by atoms with Crippen LogP contribution in [0.5, 0.6) is 0 Å². The quantitative estimate of drug-likeness (QED) is 0.756. The lowest BCUT2D eigenvalue weighted by molar-refractivity contribution is -0.120. The molecule has 1 amide bonds. The molecule has 0 aliphatic heterocycles. The summed E-state index contributed by atoms with van der Waals surface area (Å²) in [6, 6.07) is 7.64. The van der Waals surface area contributed by atoms with Gasteiger partial charge in [-0.25, -0.2) is 0 Å². The highest BCUT2D eigenvalue weighted by atomic mass is 32.2. The molecule has 1 unspecified atom stereocenters. The van der Waals surface area contributed by atoms with Crippen molar-refractivity contribution in [1.82, 2.24) is 5.32 Å². The predicted octanol–water partition coefficient (Wildman–Crippen LogP) is 2.82. The smallest absolute Gasteiger partial charge is 0.233 e. The lowest BCUT2D eigenvalue weighted by Gasteiger charge is -2.13. The third kappa shape index (κ3) is 6.12. The van der Waals surface area contributed by atoms with Crippen molar-refractivity contribution in [3.05, 3.63) is 29.8 Å². The fraction of sp³-hybridized carbons (Fsp3) is 0.533. The van der Waals surface area contributed by atoms with E-state index < -0.39 is 0 Å². The third-order valence-corrected chi connectivity index (χ3v) is 3.92. The summed E-state index contributed by atoms with van der Waals surface area (Å²) < 4.78 is 0. The van der Waals surface area contributed by atoms with Crippen molar-refractivity contribution < 1.29 is 9.90 Å². The van der Waals surface area contributed by atoms with Gasteiger partial charge < -0.3 is 10.4 Å². The Labute approximate surface area is 119 Å². The molecule has 1 aromatic rings. The summed E-state index contributed by atoms with van der Waals surface area (Å²) in [5.74, 6) is 0.686. The monoisotopic (exact) mass is 281 g/mol. The van der Waals surface area contributed by atoms with E-state index in [1.54, 1.807) is 0 Å². The van der Waals surface area contributed by atoms with Gasteiger partial charge in [0.1, 0.15) is 0 Å². The maximum absolute atomic E-state index is 11.9. The van der Waals surface area contributed by atoms with E-state index in [9.17, 15) is 4.79 Å². The molecule has 0 saturated heterocycles. The minimum Gasteiger partial charge on any atom is -0.392 e. The third-order valence-electron chi connectivity index (χ3n) is 2.81. The molecule has 0 radical (unpaired) electrons. The molecule has 1 aromatic carbocycles. The van der Waals surface area contributed by atoms with Crippen molar-refractivity contribution in [2.24, 2.45) is 5.92 Å². The van der Waals surface area contributed by atoms with Gasteiger partial charge in [0.25, 0.3) is 0 Å². The minimum atomic E-state index is -0.105. The van der Waals surface area contributed by atoms with Crippen LogP contribution in [0.1, 0.15) is 32.8 Å². The standard InChI is InChI=1S/C15H23NO2S/c1-11(2)8-9-16-15(18)12(3)19-14-6-4-13(10-17)5-7-14/h4-7,11-12,17H,8-10H2,1-3H3,(H,16,18). The van der Waals surface area contributed by atoms with Crippen molar-refractivity contribution >= 4 is 17.7 Å². The number of aliphatic hydroxyl groups excluding tert-OH is 1. The molecule has 106 valence electrons. The van der Waals surface area contributed by atoms with Crippen molar-refractivity contribution in [2.45, 2.75) is 43.9 Å². The van der Waals surface area contributed by atoms with E-state index in [4.69, 9.17) is 5.11 Å². The molecule has 0 aromatic heterocycles. The molecule has 19 heavy (non-hydrogen) atoms. The van der Waals surface area contributed by atoms with Gasteiger partial charge in [0.15, 0.2) is 0 Å². The van der Waals surface area contributed by atoms with Crippen molar-refractivity contribution in [1.29, 1.82) is 0 Å². The van der Waals surface area contributed by atoms with Crippen LogP contribution in [-0.2, 0) is 11.4 Å². The SMILES string of the molecule is CC(C)CCNC(=O)C(C)Sc1ccc(CO)cc1. The topological polar surface area (TPSA) is 49.3 Å². The zero-order valence-corrected chi connectivity index (χ0v) is 12.7. The van der Waals surface area contributed by atoms with Crippen LogP contribution in [-0.4, -0.2) is 22.8 Å². The molecular weight excluding hydrogens is 258 g/mol. The molecule has 2 N–H and O–H groups in total. The van der Waals surface area contributed by atoms with Crippen LogP contribution in [0.3, 0.4) is 0 Å². The van der Waals surface area contributed by atoms with Gasteiger partial charge in [-0.1, -0.05) is 26.0 Å². The normalized spacial score (nSPS) is 12.5. The van der Waals surface area contributed by atoms with Crippen molar-refractivity contribution in [2.75, 3.05) is 6.54 Å². The first-order chi connectivity index (χ1) is 9.02. The van der Waals surface area contributed by atoms with E-state index in [1.807, 2.05) is 31.2 Å². The molecule has 1 atom stereocenters. The van der Waals surface area contributed by atoms with Gasteiger partial charge in [-0.15, -0.1) is 11.8 Å².